The maximum atomic E-state index is 11.9. The quantitative estimate of drug-likeness (QED) is 0.776. The third-order valence-electron chi connectivity index (χ3n) is 4.90. The fourth-order valence-electron chi connectivity index (χ4n) is 3.50. The Morgan fingerprint density at radius 1 is 1.11 bits per heavy atom. The van der Waals surface area contributed by atoms with Gasteiger partial charge in [-0.05, 0) is 38.0 Å². The van der Waals surface area contributed by atoms with Crippen LogP contribution in [0.3, 0.4) is 0 Å². The molecule has 2 atom stereocenters. The predicted octanol–water partition coefficient (Wildman–Crippen LogP) is 2.95. The molecule has 1 saturated carbocycles. The Labute approximate surface area is 118 Å². The van der Waals surface area contributed by atoms with Crippen molar-refractivity contribution in [3.8, 4) is 0 Å². The Balaban J connectivity index is 1.61. The van der Waals surface area contributed by atoms with Crippen LogP contribution in [0, 0.1) is 5.92 Å². The van der Waals surface area contributed by atoms with E-state index >= 15 is 0 Å². The summed E-state index contributed by atoms with van der Waals surface area (Å²) in [6.45, 7) is 5.16. The number of nitrogens with one attached hydrogen (secondary N) is 1. The molecule has 0 aromatic rings. The topological polar surface area (TPSA) is 32.3 Å². The van der Waals surface area contributed by atoms with Gasteiger partial charge in [-0.25, -0.2) is 0 Å². The number of carbonyl (C=O) groups excluding carboxylic acids is 1. The highest BCUT2D eigenvalue weighted by atomic mass is 16.2. The molecule has 2 rings (SSSR count). The summed E-state index contributed by atoms with van der Waals surface area (Å²) in [5.74, 6) is 1.29. The predicted molar refractivity (Wildman–Crippen MR) is 79.1 cm³/mol. The number of amides is 1. The lowest BCUT2D eigenvalue weighted by Crippen LogP contribution is -2.34. The summed E-state index contributed by atoms with van der Waals surface area (Å²) < 4.78 is 0. The largest absolute Gasteiger partial charge is 0.343 e. The second kappa shape index (κ2) is 7.88. The molecule has 1 aliphatic carbocycles. The van der Waals surface area contributed by atoms with E-state index in [0.29, 0.717) is 18.4 Å². The summed E-state index contributed by atoms with van der Waals surface area (Å²) >= 11 is 0. The zero-order valence-corrected chi connectivity index (χ0v) is 12.5. The second-order valence-corrected chi connectivity index (χ2v) is 6.27. The van der Waals surface area contributed by atoms with E-state index in [1.54, 1.807) is 0 Å². The smallest absolute Gasteiger partial charge is 0.223 e. The van der Waals surface area contributed by atoms with E-state index in [-0.39, 0.29) is 0 Å². The van der Waals surface area contributed by atoms with Gasteiger partial charge in [0.05, 0.1) is 0 Å². The molecule has 2 aliphatic rings. The maximum absolute atomic E-state index is 11.9. The number of nitrogens with zero attached hydrogens (tertiary/aromatic N) is 1. The van der Waals surface area contributed by atoms with Crippen molar-refractivity contribution >= 4 is 5.91 Å². The van der Waals surface area contributed by atoms with Gasteiger partial charge in [0.25, 0.3) is 0 Å². The Hall–Kier alpha value is -0.570. The van der Waals surface area contributed by atoms with Crippen molar-refractivity contribution in [2.45, 2.75) is 70.8 Å². The first kappa shape index (κ1) is 14.8. The SMILES string of the molecule is CCC1CCCC(NCCC(=O)N2CCCC2)CC1. The Morgan fingerprint density at radius 2 is 1.89 bits per heavy atom. The van der Waals surface area contributed by atoms with Gasteiger partial charge in [-0.15, -0.1) is 0 Å². The molecule has 0 spiro atoms. The summed E-state index contributed by atoms with van der Waals surface area (Å²) in [6, 6.07) is 0.655. The van der Waals surface area contributed by atoms with Gasteiger partial charge in [-0.2, -0.15) is 0 Å². The molecule has 3 nitrogen and oxygen atoms in total. The van der Waals surface area contributed by atoms with E-state index in [2.05, 4.69) is 12.2 Å². The molecule has 1 N–H and O–H groups in total. The van der Waals surface area contributed by atoms with Crippen LogP contribution in [0.5, 0.6) is 0 Å². The molecule has 0 bridgehead atoms. The Bertz CT molecular complexity index is 274. The lowest BCUT2D eigenvalue weighted by atomic mass is 9.98. The highest BCUT2D eigenvalue weighted by Gasteiger charge is 2.19. The van der Waals surface area contributed by atoms with Crippen LogP contribution in [-0.4, -0.2) is 36.5 Å². The van der Waals surface area contributed by atoms with Crippen LogP contribution < -0.4 is 5.32 Å². The molecule has 3 heteroatoms. The van der Waals surface area contributed by atoms with Crippen molar-refractivity contribution < 1.29 is 4.79 Å². The summed E-state index contributed by atoms with van der Waals surface area (Å²) in [6.07, 6.45) is 11.1. The molecule has 19 heavy (non-hydrogen) atoms. The summed E-state index contributed by atoms with van der Waals surface area (Å²) in [5, 5.41) is 3.61. The fourth-order valence-corrected chi connectivity index (χ4v) is 3.50. The van der Waals surface area contributed by atoms with E-state index in [1.165, 1.54) is 51.4 Å². The molecule has 0 aromatic heterocycles. The summed E-state index contributed by atoms with van der Waals surface area (Å²) in [4.78, 5) is 14.0. The van der Waals surface area contributed by atoms with Crippen LogP contribution in [-0.2, 0) is 4.79 Å². The van der Waals surface area contributed by atoms with Gasteiger partial charge in [0, 0.05) is 32.1 Å². The molecule has 2 fully saturated rings. The lowest BCUT2D eigenvalue weighted by molar-refractivity contribution is -0.130. The van der Waals surface area contributed by atoms with Crippen LogP contribution >= 0.6 is 0 Å². The van der Waals surface area contributed by atoms with Crippen molar-refractivity contribution in [3.63, 3.8) is 0 Å². The van der Waals surface area contributed by atoms with Gasteiger partial charge in [-0.3, -0.25) is 4.79 Å². The Kier molecular flexibility index (Phi) is 6.15. The molecule has 1 aliphatic heterocycles. The summed E-state index contributed by atoms with van der Waals surface area (Å²) in [5.41, 5.74) is 0. The number of carbonyl (C=O) groups is 1. The summed E-state index contributed by atoms with van der Waals surface area (Å²) in [7, 11) is 0. The van der Waals surface area contributed by atoms with Crippen LogP contribution in [0.4, 0.5) is 0 Å². The fraction of sp³-hybridized carbons (Fsp3) is 0.938. The van der Waals surface area contributed by atoms with Crippen LogP contribution in [0.1, 0.15) is 64.7 Å². The van der Waals surface area contributed by atoms with E-state index in [9.17, 15) is 4.79 Å². The minimum Gasteiger partial charge on any atom is -0.343 e. The van der Waals surface area contributed by atoms with E-state index < -0.39 is 0 Å². The van der Waals surface area contributed by atoms with Crippen molar-refractivity contribution in [3.05, 3.63) is 0 Å². The van der Waals surface area contributed by atoms with Gasteiger partial charge in [0.1, 0.15) is 0 Å². The van der Waals surface area contributed by atoms with Gasteiger partial charge in [0.2, 0.25) is 5.91 Å². The highest BCUT2D eigenvalue weighted by Crippen LogP contribution is 2.25. The standard InChI is InChI=1S/C16H30N2O/c1-2-14-6-5-7-15(9-8-14)17-11-10-16(19)18-12-3-4-13-18/h14-15,17H,2-13H2,1H3. The zero-order chi connectivity index (χ0) is 13.5. The minimum atomic E-state index is 0.352. The van der Waals surface area contributed by atoms with Gasteiger partial charge >= 0.3 is 0 Å². The third-order valence-corrected chi connectivity index (χ3v) is 4.90. The molecule has 0 radical (unpaired) electrons. The van der Waals surface area contributed by atoms with Crippen molar-refractivity contribution in [2.75, 3.05) is 19.6 Å². The maximum Gasteiger partial charge on any atom is 0.223 e. The molecule has 1 heterocycles. The first-order chi connectivity index (χ1) is 9.29. The van der Waals surface area contributed by atoms with E-state index in [1.807, 2.05) is 4.90 Å². The average molecular weight is 266 g/mol. The molecular formula is C16H30N2O. The molecular weight excluding hydrogens is 236 g/mol. The first-order valence-corrected chi connectivity index (χ1v) is 8.30. The van der Waals surface area contributed by atoms with E-state index in [4.69, 9.17) is 0 Å². The van der Waals surface area contributed by atoms with Crippen molar-refractivity contribution in [1.29, 1.82) is 0 Å². The average Bonchev–Trinajstić information content (AvgIpc) is 2.86. The van der Waals surface area contributed by atoms with Crippen molar-refractivity contribution in [2.24, 2.45) is 5.92 Å². The van der Waals surface area contributed by atoms with Gasteiger partial charge in [0.15, 0.2) is 0 Å². The molecule has 1 amide bonds. The van der Waals surface area contributed by atoms with Crippen LogP contribution in [0.15, 0.2) is 0 Å². The highest BCUT2D eigenvalue weighted by molar-refractivity contribution is 5.76. The molecule has 0 aromatic carbocycles. The first-order valence-electron chi connectivity index (χ1n) is 8.30. The third kappa shape index (κ3) is 4.79. The minimum absolute atomic E-state index is 0.352. The van der Waals surface area contributed by atoms with Crippen LogP contribution in [0.2, 0.25) is 0 Å². The Morgan fingerprint density at radius 3 is 2.63 bits per heavy atom. The van der Waals surface area contributed by atoms with Gasteiger partial charge in [-0.1, -0.05) is 26.2 Å². The molecule has 1 saturated heterocycles. The number of rotatable bonds is 5. The number of hydrogen-bond acceptors (Lipinski definition) is 2. The molecule has 2 unspecified atom stereocenters. The van der Waals surface area contributed by atoms with E-state index in [0.717, 1.165) is 25.6 Å². The number of hydrogen-bond donors (Lipinski definition) is 1. The van der Waals surface area contributed by atoms with Crippen LogP contribution in [0.25, 0.3) is 0 Å². The van der Waals surface area contributed by atoms with Gasteiger partial charge < -0.3 is 10.2 Å². The second-order valence-electron chi connectivity index (χ2n) is 6.27. The lowest BCUT2D eigenvalue weighted by Gasteiger charge is -2.19. The van der Waals surface area contributed by atoms with Crippen molar-refractivity contribution in [1.82, 2.24) is 10.2 Å². The normalized spacial score (nSPS) is 28.4. The molecule has 110 valence electrons. The zero-order valence-electron chi connectivity index (χ0n) is 12.5. The number of likely N-dealkylation sites (tertiary alicyclic amines) is 1. The monoisotopic (exact) mass is 266 g/mol.